The number of amides is 2. The molecule has 0 fully saturated rings. The second-order valence-corrected chi connectivity index (χ2v) is 5.85. The minimum absolute atomic E-state index is 0.137. The Hall–Kier alpha value is -2.83. The Morgan fingerprint density at radius 2 is 1.96 bits per heavy atom. The number of hydrogen-bond acceptors (Lipinski definition) is 4. The molecular formula is C18H22N2O5. The van der Waals surface area contributed by atoms with Crippen molar-refractivity contribution in [3.05, 3.63) is 48.0 Å². The lowest BCUT2D eigenvalue weighted by molar-refractivity contribution is -0.152. The van der Waals surface area contributed by atoms with E-state index >= 15 is 0 Å². The van der Waals surface area contributed by atoms with Gasteiger partial charge in [0.15, 0.2) is 0 Å². The molecule has 7 heteroatoms. The van der Waals surface area contributed by atoms with Crippen LogP contribution in [0.2, 0.25) is 0 Å². The van der Waals surface area contributed by atoms with Gasteiger partial charge in [0.25, 0.3) is 0 Å². The summed E-state index contributed by atoms with van der Waals surface area (Å²) in [5.41, 5.74) is 0.812. The fourth-order valence-corrected chi connectivity index (χ4v) is 2.64. The molecule has 2 amide bonds. The van der Waals surface area contributed by atoms with Gasteiger partial charge in [-0.25, -0.2) is 9.59 Å². The smallest absolute Gasteiger partial charge is 0.405 e. The van der Waals surface area contributed by atoms with Crippen LogP contribution in [-0.2, 0) is 14.3 Å². The van der Waals surface area contributed by atoms with Gasteiger partial charge in [0, 0.05) is 6.42 Å². The SMILES string of the molecule is C[C@H]1OC(=O)[C@H](NC(=O)O)C/C=C/CCC(=O)N[C@@H]1c1ccccc1. The number of esters is 1. The van der Waals surface area contributed by atoms with Crippen LogP contribution in [0.15, 0.2) is 42.5 Å². The maximum atomic E-state index is 12.3. The minimum Gasteiger partial charge on any atom is -0.465 e. The number of hydrogen-bond donors (Lipinski definition) is 3. The summed E-state index contributed by atoms with van der Waals surface area (Å²) in [6.07, 6.45) is 2.48. The molecule has 0 saturated heterocycles. The van der Waals surface area contributed by atoms with Crippen molar-refractivity contribution in [2.75, 3.05) is 0 Å². The highest BCUT2D eigenvalue weighted by Crippen LogP contribution is 2.21. The van der Waals surface area contributed by atoms with Crippen molar-refractivity contribution < 1.29 is 24.2 Å². The Bertz CT molecular complexity index is 644. The van der Waals surface area contributed by atoms with Gasteiger partial charge in [0.1, 0.15) is 12.1 Å². The first-order chi connectivity index (χ1) is 12.0. The number of allylic oxidation sites excluding steroid dienone is 1. The average Bonchev–Trinajstić information content (AvgIpc) is 2.57. The molecule has 0 aromatic heterocycles. The molecule has 0 aliphatic carbocycles. The second-order valence-electron chi connectivity index (χ2n) is 5.85. The number of carboxylic acid groups (broad SMARTS) is 1. The maximum absolute atomic E-state index is 12.3. The van der Waals surface area contributed by atoms with E-state index in [0.717, 1.165) is 5.56 Å². The minimum atomic E-state index is -1.29. The number of nitrogens with one attached hydrogen (secondary N) is 2. The second kappa shape index (κ2) is 8.86. The number of ether oxygens (including phenoxy) is 1. The van der Waals surface area contributed by atoms with Gasteiger partial charge in [-0.1, -0.05) is 42.5 Å². The Labute approximate surface area is 146 Å². The van der Waals surface area contributed by atoms with Gasteiger partial charge in [-0.3, -0.25) is 4.79 Å². The van der Waals surface area contributed by atoms with E-state index in [1.54, 1.807) is 19.1 Å². The van der Waals surface area contributed by atoms with Crippen molar-refractivity contribution in [3.63, 3.8) is 0 Å². The molecule has 0 spiro atoms. The van der Waals surface area contributed by atoms with Crippen molar-refractivity contribution in [3.8, 4) is 0 Å². The predicted molar refractivity (Wildman–Crippen MR) is 90.8 cm³/mol. The summed E-state index contributed by atoms with van der Waals surface area (Å²) >= 11 is 0. The van der Waals surface area contributed by atoms with Crippen molar-refractivity contribution in [2.24, 2.45) is 0 Å². The van der Waals surface area contributed by atoms with Gasteiger partial charge in [0.2, 0.25) is 5.91 Å². The molecule has 3 atom stereocenters. The summed E-state index contributed by atoms with van der Waals surface area (Å²) in [5, 5.41) is 14.0. The topological polar surface area (TPSA) is 105 Å². The molecule has 3 N–H and O–H groups in total. The van der Waals surface area contributed by atoms with Gasteiger partial charge in [0.05, 0.1) is 6.04 Å². The molecule has 1 aromatic rings. The van der Waals surface area contributed by atoms with E-state index < -0.39 is 30.3 Å². The molecule has 0 radical (unpaired) electrons. The highest BCUT2D eigenvalue weighted by molar-refractivity contribution is 5.81. The third-order valence-corrected chi connectivity index (χ3v) is 3.91. The molecule has 0 saturated carbocycles. The Kier molecular flexibility index (Phi) is 6.56. The molecule has 0 unspecified atom stereocenters. The fourth-order valence-electron chi connectivity index (χ4n) is 2.64. The molecule has 1 heterocycles. The first-order valence-corrected chi connectivity index (χ1v) is 8.16. The third kappa shape index (κ3) is 5.63. The van der Waals surface area contributed by atoms with Crippen LogP contribution in [0.3, 0.4) is 0 Å². The zero-order chi connectivity index (χ0) is 18.2. The zero-order valence-electron chi connectivity index (χ0n) is 14.0. The molecule has 1 aliphatic heterocycles. The van der Waals surface area contributed by atoms with Gasteiger partial charge >= 0.3 is 12.1 Å². The molecule has 1 aromatic carbocycles. The maximum Gasteiger partial charge on any atom is 0.405 e. The number of rotatable bonds is 2. The molecule has 0 bridgehead atoms. The van der Waals surface area contributed by atoms with E-state index in [4.69, 9.17) is 9.84 Å². The molecule has 2 rings (SSSR count). The highest BCUT2D eigenvalue weighted by atomic mass is 16.5. The van der Waals surface area contributed by atoms with Crippen LogP contribution >= 0.6 is 0 Å². The predicted octanol–water partition coefficient (Wildman–Crippen LogP) is 2.15. The van der Waals surface area contributed by atoms with E-state index in [1.807, 2.05) is 30.3 Å². The summed E-state index contributed by atoms with van der Waals surface area (Å²) in [6.45, 7) is 1.68. The van der Waals surface area contributed by atoms with Crippen LogP contribution in [0.4, 0.5) is 4.79 Å². The average molecular weight is 346 g/mol. The Morgan fingerprint density at radius 3 is 2.64 bits per heavy atom. The molecule has 1 aliphatic rings. The van der Waals surface area contributed by atoms with E-state index in [2.05, 4.69) is 10.6 Å². The van der Waals surface area contributed by atoms with E-state index in [9.17, 15) is 14.4 Å². The monoisotopic (exact) mass is 346 g/mol. The first kappa shape index (κ1) is 18.5. The summed E-state index contributed by atoms with van der Waals surface area (Å²) in [6, 6.07) is 7.72. The van der Waals surface area contributed by atoms with Crippen LogP contribution in [0.5, 0.6) is 0 Å². The lowest BCUT2D eigenvalue weighted by Crippen LogP contribution is -2.44. The Balaban J connectivity index is 2.25. The van der Waals surface area contributed by atoms with Crippen molar-refractivity contribution >= 4 is 18.0 Å². The molecule has 134 valence electrons. The number of cyclic esters (lactones) is 1. The summed E-state index contributed by atoms with van der Waals surface area (Å²) in [4.78, 5) is 35.4. The van der Waals surface area contributed by atoms with Crippen LogP contribution < -0.4 is 10.6 Å². The lowest BCUT2D eigenvalue weighted by Gasteiger charge is -2.27. The largest absolute Gasteiger partial charge is 0.465 e. The van der Waals surface area contributed by atoms with Crippen molar-refractivity contribution in [1.29, 1.82) is 0 Å². The van der Waals surface area contributed by atoms with E-state index in [0.29, 0.717) is 12.8 Å². The number of benzene rings is 1. The van der Waals surface area contributed by atoms with E-state index in [1.165, 1.54) is 0 Å². The zero-order valence-corrected chi connectivity index (χ0v) is 14.0. The van der Waals surface area contributed by atoms with Gasteiger partial charge in [-0.05, 0) is 25.3 Å². The third-order valence-electron chi connectivity index (χ3n) is 3.91. The summed E-state index contributed by atoms with van der Waals surface area (Å²) in [5.74, 6) is -0.808. The first-order valence-electron chi connectivity index (χ1n) is 8.16. The van der Waals surface area contributed by atoms with Gasteiger partial charge in [-0.2, -0.15) is 0 Å². The van der Waals surface area contributed by atoms with E-state index in [-0.39, 0.29) is 12.3 Å². The quantitative estimate of drug-likeness (QED) is 0.562. The normalized spacial score (nSPS) is 26.4. The lowest BCUT2D eigenvalue weighted by atomic mass is 10.0. The van der Waals surface area contributed by atoms with Gasteiger partial charge < -0.3 is 20.5 Å². The fraction of sp³-hybridized carbons (Fsp3) is 0.389. The molecular weight excluding hydrogens is 324 g/mol. The number of carbonyl (C=O) groups is 3. The summed E-state index contributed by atoms with van der Waals surface area (Å²) in [7, 11) is 0. The van der Waals surface area contributed by atoms with Crippen LogP contribution in [0.1, 0.15) is 37.8 Å². The van der Waals surface area contributed by atoms with Crippen LogP contribution in [0.25, 0.3) is 0 Å². The van der Waals surface area contributed by atoms with Gasteiger partial charge in [-0.15, -0.1) is 0 Å². The van der Waals surface area contributed by atoms with Crippen LogP contribution in [0, 0.1) is 0 Å². The number of carbonyl (C=O) groups excluding carboxylic acids is 2. The molecule has 25 heavy (non-hydrogen) atoms. The molecule has 7 nitrogen and oxygen atoms in total. The van der Waals surface area contributed by atoms with Crippen LogP contribution in [-0.4, -0.2) is 35.2 Å². The summed E-state index contributed by atoms with van der Waals surface area (Å²) < 4.78 is 5.44. The highest BCUT2D eigenvalue weighted by Gasteiger charge is 2.28. The Morgan fingerprint density at radius 1 is 1.24 bits per heavy atom. The van der Waals surface area contributed by atoms with Crippen molar-refractivity contribution in [1.82, 2.24) is 10.6 Å². The standard InChI is InChI=1S/C18H22N2O5/c1-12-16(13-8-4-2-5-9-13)20-15(21)11-7-3-6-10-14(17(22)25-12)19-18(23)24/h2-6,8-9,12,14,16,19H,7,10-11H2,1H3,(H,20,21)(H,23,24)/b6-3+/t12-,14-,16+/m1/s1. The van der Waals surface area contributed by atoms with Crippen molar-refractivity contribution in [2.45, 2.75) is 44.4 Å².